The van der Waals surface area contributed by atoms with Gasteiger partial charge in [0, 0.05) is 43.9 Å². The lowest BCUT2D eigenvalue weighted by Crippen LogP contribution is -2.40. The Hall–Kier alpha value is -3.81. The molecule has 0 aliphatic carbocycles. The van der Waals surface area contributed by atoms with E-state index in [1.165, 1.54) is 18.3 Å². The second-order valence-electron chi connectivity index (χ2n) is 7.95. The van der Waals surface area contributed by atoms with Crippen LogP contribution in [0, 0.1) is 10.1 Å². The van der Waals surface area contributed by atoms with Crippen LogP contribution in [-0.4, -0.2) is 78.7 Å². The number of rotatable bonds is 7. The minimum Gasteiger partial charge on any atom is -0.455 e. The third-order valence-electron chi connectivity index (χ3n) is 5.61. The summed E-state index contributed by atoms with van der Waals surface area (Å²) in [6.45, 7) is 5.20. The molecule has 2 saturated heterocycles. The maximum atomic E-state index is 10.9. The fraction of sp³-hybridized carbons (Fsp3) is 0.364. The van der Waals surface area contributed by atoms with E-state index < -0.39 is 4.92 Å². The lowest BCUT2D eigenvalue weighted by Gasteiger charge is -2.30. The van der Waals surface area contributed by atoms with Crippen molar-refractivity contribution in [2.24, 2.45) is 5.10 Å². The van der Waals surface area contributed by atoms with Gasteiger partial charge in [-0.2, -0.15) is 20.1 Å². The number of nitro benzene ring substituents is 1. The van der Waals surface area contributed by atoms with Crippen LogP contribution in [0.5, 0.6) is 0 Å². The monoisotopic (exact) mass is 514 g/mol. The lowest BCUT2D eigenvalue weighted by atomic mass is 10.1. The smallest absolute Gasteiger partial charge is 0.270 e. The van der Waals surface area contributed by atoms with E-state index in [4.69, 9.17) is 25.5 Å². The van der Waals surface area contributed by atoms with Crippen molar-refractivity contribution in [3.05, 3.63) is 51.2 Å². The van der Waals surface area contributed by atoms with Crippen molar-refractivity contribution in [1.82, 2.24) is 15.0 Å². The average molecular weight is 515 g/mol. The average Bonchev–Trinajstić information content (AvgIpc) is 3.38. The van der Waals surface area contributed by atoms with Crippen LogP contribution in [0.4, 0.5) is 23.5 Å². The van der Waals surface area contributed by atoms with Crippen molar-refractivity contribution in [2.75, 3.05) is 67.8 Å². The Kier molecular flexibility index (Phi) is 7.21. The van der Waals surface area contributed by atoms with Crippen LogP contribution in [-0.2, 0) is 9.47 Å². The molecule has 13 nitrogen and oxygen atoms in total. The van der Waals surface area contributed by atoms with E-state index in [1.807, 2.05) is 0 Å². The van der Waals surface area contributed by atoms with E-state index in [1.54, 1.807) is 18.2 Å². The van der Waals surface area contributed by atoms with E-state index in [0.29, 0.717) is 87.5 Å². The summed E-state index contributed by atoms with van der Waals surface area (Å²) in [5.41, 5.74) is 3.31. The number of hydrogen-bond donors (Lipinski definition) is 1. The molecular formula is C22H23ClN8O5. The maximum absolute atomic E-state index is 10.9. The van der Waals surface area contributed by atoms with Gasteiger partial charge in [-0.1, -0.05) is 11.6 Å². The molecule has 2 aliphatic heterocycles. The molecule has 3 aromatic rings. The molecule has 0 radical (unpaired) electrons. The van der Waals surface area contributed by atoms with Crippen molar-refractivity contribution in [3.8, 4) is 11.3 Å². The number of aromatic nitrogens is 3. The number of nitro groups is 1. The zero-order chi connectivity index (χ0) is 24.9. The minimum absolute atomic E-state index is 0.0912. The molecule has 0 bridgehead atoms. The summed E-state index contributed by atoms with van der Waals surface area (Å²) < 4.78 is 16.7. The normalized spacial score (nSPS) is 16.5. The van der Waals surface area contributed by atoms with Gasteiger partial charge in [0.2, 0.25) is 17.8 Å². The van der Waals surface area contributed by atoms with Crippen molar-refractivity contribution in [2.45, 2.75) is 0 Å². The molecule has 1 aromatic carbocycles. The van der Waals surface area contributed by atoms with Gasteiger partial charge in [-0.05, 0) is 18.2 Å². The van der Waals surface area contributed by atoms with Crippen LogP contribution in [0.25, 0.3) is 11.3 Å². The summed E-state index contributed by atoms with van der Waals surface area (Å²) in [4.78, 5) is 28.3. The van der Waals surface area contributed by atoms with Crippen LogP contribution in [0.1, 0.15) is 5.76 Å². The third kappa shape index (κ3) is 5.53. The van der Waals surface area contributed by atoms with Crippen molar-refractivity contribution in [1.29, 1.82) is 0 Å². The van der Waals surface area contributed by atoms with Crippen LogP contribution in [0.2, 0.25) is 5.02 Å². The molecule has 4 heterocycles. The minimum atomic E-state index is -0.502. The van der Waals surface area contributed by atoms with Gasteiger partial charge in [0.05, 0.1) is 42.6 Å². The van der Waals surface area contributed by atoms with Crippen LogP contribution < -0.4 is 15.2 Å². The summed E-state index contributed by atoms with van der Waals surface area (Å²) >= 11 is 6.20. The van der Waals surface area contributed by atoms with E-state index in [-0.39, 0.29) is 10.7 Å². The van der Waals surface area contributed by atoms with E-state index in [0.717, 1.165) is 0 Å². The molecule has 2 aromatic heterocycles. The van der Waals surface area contributed by atoms with Crippen molar-refractivity contribution in [3.63, 3.8) is 0 Å². The Balaban J connectivity index is 1.32. The number of benzene rings is 1. The Bertz CT molecular complexity index is 1220. The molecule has 0 unspecified atom stereocenters. The molecule has 2 aliphatic rings. The number of nitrogens with one attached hydrogen (secondary N) is 1. The fourth-order valence-electron chi connectivity index (χ4n) is 3.75. The number of anilines is 3. The molecule has 0 amide bonds. The first-order chi connectivity index (χ1) is 17.6. The van der Waals surface area contributed by atoms with E-state index >= 15 is 0 Å². The molecule has 0 atom stereocenters. The molecular weight excluding hydrogens is 492 g/mol. The molecule has 1 N–H and O–H groups in total. The number of furan rings is 1. The van der Waals surface area contributed by atoms with Gasteiger partial charge in [-0.25, -0.2) is 5.43 Å². The number of halogens is 1. The summed E-state index contributed by atoms with van der Waals surface area (Å²) in [6, 6.07) is 7.63. The van der Waals surface area contributed by atoms with Crippen LogP contribution in [0.3, 0.4) is 0 Å². The van der Waals surface area contributed by atoms with Gasteiger partial charge < -0.3 is 23.7 Å². The molecule has 0 spiro atoms. The van der Waals surface area contributed by atoms with Crippen LogP contribution >= 0.6 is 11.6 Å². The molecule has 2 fully saturated rings. The van der Waals surface area contributed by atoms with Gasteiger partial charge in [0.1, 0.15) is 11.5 Å². The van der Waals surface area contributed by atoms with Crippen molar-refractivity contribution >= 4 is 41.3 Å². The Morgan fingerprint density at radius 1 is 0.972 bits per heavy atom. The zero-order valence-electron chi connectivity index (χ0n) is 19.2. The van der Waals surface area contributed by atoms with Gasteiger partial charge >= 0.3 is 0 Å². The fourth-order valence-corrected chi connectivity index (χ4v) is 4.02. The van der Waals surface area contributed by atoms with Crippen molar-refractivity contribution < 1.29 is 18.8 Å². The molecule has 36 heavy (non-hydrogen) atoms. The highest BCUT2D eigenvalue weighted by atomic mass is 35.5. The first-order valence-electron chi connectivity index (χ1n) is 11.3. The standard InChI is InChI=1S/C22H23ClN8O5/c23-18-13-15(31(32)33)1-3-17(18)19-4-2-16(36-19)14-24-28-20-25-21(29-5-9-34-10-6-29)27-22(26-20)30-7-11-35-12-8-30/h1-4,13-14H,5-12H2,(H,25,26,27,28)/b24-14-. The lowest BCUT2D eigenvalue weighted by molar-refractivity contribution is -0.384. The highest BCUT2D eigenvalue weighted by molar-refractivity contribution is 6.33. The number of hydrogen-bond acceptors (Lipinski definition) is 12. The highest BCUT2D eigenvalue weighted by Crippen LogP contribution is 2.32. The second-order valence-corrected chi connectivity index (χ2v) is 8.36. The Morgan fingerprint density at radius 3 is 2.19 bits per heavy atom. The van der Waals surface area contributed by atoms with E-state index in [2.05, 4.69) is 35.3 Å². The summed E-state index contributed by atoms with van der Waals surface area (Å²) in [5.74, 6) is 2.32. The number of morpholine rings is 2. The number of hydrazone groups is 1. The molecule has 188 valence electrons. The number of ether oxygens (including phenoxy) is 2. The van der Waals surface area contributed by atoms with Gasteiger partial charge in [0.15, 0.2) is 0 Å². The Morgan fingerprint density at radius 2 is 1.61 bits per heavy atom. The SMILES string of the molecule is O=[N+]([O-])c1ccc(-c2ccc(/C=N\Nc3nc(N4CCOCC4)nc(N4CCOCC4)n3)o2)c(Cl)c1. The third-order valence-corrected chi connectivity index (χ3v) is 5.92. The van der Waals surface area contributed by atoms with Crippen LogP contribution in [0.15, 0.2) is 39.9 Å². The summed E-state index contributed by atoms with van der Waals surface area (Å²) in [7, 11) is 0. The quantitative estimate of drug-likeness (QED) is 0.282. The molecule has 14 heteroatoms. The topological polar surface area (TPSA) is 144 Å². The van der Waals surface area contributed by atoms with Gasteiger partial charge in [-0.3, -0.25) is 10.1 Å². The molecule has 5 rings (SSSR count). The summed E-state index contributed by atoms with van der Waals surface area (Å²) in [5, 5.41) is 15.4. The van der Waals surface area contributed by atoms with E-state index in [9.17, 15) is 10.1 Å². The predicted octanol–water partition coefficient (Wildman–Crippen LogP) is 2.81. The van der Waals surface area contributed by atoms with Gasteiger partial charge in [-0.15, -0.1) is 0 Å². The highest BCUT2D eigenvalue weighted by Gasteiger charge is 2.20. The second kappa shape index (κ2) is 10.8. The predicted molar refractivity (Wildman–Crippen MR) is 133 cm³/mol. The number of nitrogens with zero attached hydrogens (tertiary/aromatic N) is 7. The Labute approximate surface area is 210 Å². The zero-order valence-corrected chi connectivity index (χ0v) is 19.9. The first kappa shape index (κ1) is 23.9. The first-order valence-corrected chi connectivity index (χ1v) is 11.7. The van der Waals surface area contributed by atoms with Gasteiger partial charge in [0.25, 0.3) is 5.69 Å². The summed E-state index contributed by atoms with van der Waals surface area (Å²) in [6.07, 6.45) is 1.48. The number of non-ortho nitro benzene ring substituents is 1. The largest absolute Gasteiger partial charge is 0.455 e. The maximum Gasteiger partial charge on any atom is 0.270 e. The molecule has 0 saturated carbocycles.